The first-order valence-corrected chi connectivity index (χ1v) is 8.46. The number of rotatable bonds is 4. The van der Waals surface area contributed by atoms with E-state index in [4.69, 9.17) is 8.83 Å². The molecule has 1 aliphatic heterocycles. The molecule has 1 aromatic carbocycles. The zero-order valence-corrected chi connectivity index (χ0v) is 14.8. The molecule has 6 nitrogen and oxygen atoms in total. The normalized spacial score (nSPS) is 17.0. The van der Waals surface area contributed by atoms with Crippen LogP contribution in [0.25, 0.3) is 0 Å². The molecule has 0 radical (unpaired) electrons. The number of hydrogen-bond acceptors (Lipinski definition) is 5. The van der Waals surface area contributed by atoms with Crippen LogP contribution in [0.3, 0.4) is 0 Å². The molecular formula is C21H17NO5. The number of para-hydroxylation sites is 1. The second-order valence-electron chi connectivity index (χ2n) is 6.38. The van der Waals surface area contributed by atoms with Crippen LogP contribution in [0.1, 0.15) is 33.7 Å². The van der Waals surface area contributed by atoms with Crippen LogP contribution in [0.15, 0.2) is 75.0 Å². The van der Waals surface area contributed by atoms with Crippen LogP contribution in [-0.4, -0.2) is 16.8 Å². The third-order valence-electron chi connectivity index (χ3n) is 4.60. The van der Waals surface area contributed by atoms with Gasteiger partial charge in [-0.25, -0.2) is 0 Å². The third kappa shape index (κ3) is 2.66. The molecule has 0 saturated carbocycles. The minimum Gasteiger partial charge on any atom is -0.503 e. The van der Waals surface area contributed by atoms with E-state index in [1.807, 2.05) is 19.1 Å². The maximum Gasteiger partial charge on any atom is 0.294 e. The Morgan fingerprint density at radius 1 is 1.07 bits per heavy atom. The number of aryl methyl sites for hydroxylation is 2. The number of hydrogen-bond donors (Lipinski definition) is 1. The molecule has 0 fully saturated rings. The van der Waals surface area contributed by atoms with Crippen molar-refractivity contribution in [3.63, 3.8) is 0 Å². The van der Waals surface area contributed by atoms with Crippen LogP contribution in [0.2, 0.25) is 0 Å². The number of anilines is 1. The van der Waals surface area contributed by atoms with Crippen molar-refractivity contribution in [3.8, 4) is 0 Å². The predicted octanol–water partition coefficient (Wildman–Crippen LogP) is 4.27. The molecule has 0 spiro atoms. The summed E-state index contributed by atoms with van der Waals surface area (Å²) in [5.74, 6) is -0.733. The third-order valence-corrected chi connectivity index (χ3v) is 4.60. The van der Waals surface area contributed by atoms with Gasteiger partial charge in [0.2, 0.25) is 5.78 Å². The van der Waals surface area contributed by atoms with E-state index in [2.05, 4.69) is 0 Å². The van der Waals surface area contributed by atoms with Gasteiger partial charge in [-0.1, -0.05) is 18.2 Å². The summed E-state index contributed by atoms with van der Waals surface area (Å²) in [4.78, 5) is 27.3. The topological polar surface area (TPSA) is 83.9 Å². The van der Waals surface area contributed by atoms with Crippen molar-refractivity contribution in [1.82, 2.24) is 0 Å². The maximum atomic E-state index is 13.0. The number of carbonyl (C=O) groups is 2. The molecule has 1 amide bonds. The Labute approximate surface area is 155 Å². The molecule has 1 unspecified atom stereocenters. The van der Waals surface area contributed by atoms with Gasteiger partial charge in [0.05, 0.1) is 11.8 Å². The molecule has 2 aromatic heterocycles. The first-order valence-electron chi connectivity index (χ1n) is 8.46. The van der Waals surface area contributed by atoms with E-state index in [0.29, 0.717) is 17.2 Å². The Balaban J connectivity index is 1.90. The van der Waals surface area contributed by atoms with Crippen LogP contribution in [0.4, 0.5) is 5.69 Å². The number of benzene rings is 1. The fraction of sp³-hybridized carbons (Fsp3) is 0.143. The highest BCUT2D eigenvalue weighted by Gasteiger charge is 2.47. The van der Waals surface area contributed by atoms with Gasteiger partial charge in [0.25, 0.3) is 5.91 Å². The van der Waals surface area contributed by atoms with Gasteiger partial charge >= 0.3 is 0 Å². The van der Waals surface area contributed by atoms with Gasteiger partial charge in [-0.3, -0.25) is 14.5 Å². The summed E-state index contributed by atoms with van der Waals surface area (Å²) >= 11 is 0. The number of carbonyl (C=O) groups excluding carboxylic acids is 2. The van der Waals surface area contributed by atoms with Crippen LogP contribution in [0, 0.1) is 13.8 Å². The van der Waals surface area contributed by atoms with Crippen LogP contribution in [-0.2, 0) is 4.79 Å². The summed E-state index contributed by atoms with van der Waals surface area (Å²) < 4.78 is 10.9. The number of ketones is 1. The molecule has 0 saturated heterocycles. The minimum absolute atomic E-state index is 0.0456. The lowest BCUT2D eigenvalue weighted by molar-refractivity contribution is -0.117. The number of aliphatic hydroxyl groups is 1. The van der Waals surface area contributed by atoms with Gasteiger partial charge in [-0.2, -0.15) is 0 Å². The number of amides is 1. The zero-order valence-electron chi connectivity index (χ0n) is 14.8. The minimum atomic E-state index is -0.884. The van der Waals surface area contributed by atoms with Crippen LogP contribution in [0.5, 0.6) is 0 Å². The lowest BCUT2D eigenvalue weighted by Crippen LogP contribution is -2.31. The van der Waals surface area contributed by atoms with Gasteiger partial charge < -0.3 is 13.9 Å². The van der Waals surface area contributed by atoms with E-state index in [-0.39, 0.29) is 11.3 Å². The molecule has 0 bridgehead atoms. The second kappa shape index (κ2) is 6.32. The molecule has 1 aliphatic rings. The fourth-order valence-electron chi connectivity index (χ4n) is 3.33. The molecule has 1 N–H and O–H groups in total. The largest absolute Gasteiger partial charge is 0.503 e. The summed E-state index contributed by atoms with van der Waals surface area (Å²) in [5, 5.41) is 10.6. The molecule has 3 heterocycles. The Bertz CT molecular complexity index is 1060. The molecular weight excluding hydrogens is 346 g/mol. The van der Waals surface area contributed by atoms with Gasteiger partial charge in [0.1, 0.15) is 17.6 Å². The fourth-order valence-corrected chi connectivity index (χ4v) is 3.33. The van der Waals surface area contributed by atoms with Gasteiger partial charge in [0.15, 0.2) is 11.5 Å². The highest BCUT2D eigenvalue weighted by Crippen LogP contribution is 2.43. The highest BCUT2D eigenvalue weighted by atomic mass is 16.3. The smallest absolute Gasteiger partial charge is 0.294 e. The van der Waals surface area contributed by atoms with E-state index < -0.39 is 23.5 Å². The summed E-state index contributed by atoms with van der Waals surface area (Å²) in [6.07, 6.45) is 1.37. The molecule has 27 heavy (non-hydrogen) atoms. The lowest BCUT2D eigenvalue weighted by Gasteiger charge is -2.26. The molecule has 4 rings (SSSR count). The average molecular weight is 363 g/mol. The van der Waals surface area contributed by atoms with Crippen molar-refractivity contribution >= 4 is 17.4 Å². The Morgan fingerprint density at radius 2 is 1.85 bits per heavy atom. The standard InChI is InChI=1S/C21H17NO5/c1-12-6-3-4-7-14(12)22-18(15-10-9-13(2)27-15)17(20(24)21(22)25)19(23)16-8-5-11-26-16/h3-11,18,24H,1-2H3. The quantitative estimate of drug-likeness (QED) is 0.700. The summed E-state index contributed by atoms with van der Waals surface area (Å²) in [6.45, 7) is 3.63. The van der Waals surface area contributed by atoms with E-state index in [9.17, 15) is 14.7 Å². The number of furan rings is 2. The molecule has 136 valence electrons. The Hall–Kier alpha value is -3.54. The van der Waals surface area contributed by atoms with E-state index >= 15 is 0 Å². The first-order chi connectivity index (χ1) is 13.0. The summed E-state index contributed by atoms with van der Waals surface area (Å²) in [5.41, 5.74) is 1.36. The molecule has 0 aliphatic carbocycles. The number of Topliss-reactive ketones (excluding diaryl/α,β-unsaturated/α-hetero) is 1. The number of nitrogens with zero attached hydrogens (tertiary/aromatic N) is 1. The summed E-state index contributed by atoms with van der Waals surface area (Å²) in [7, 11) is 0. The van der Waals surface area contributed by atoms with Crippen molar-refractivity contribution in [2.75, 3.05) is 4.90 Å². The van der Waals surface area contributed by atoms with Crippen LogP contribution < -0.4 is 4.90 Å². The second-order valence-corrected chi connectivity index (χ2v) is 6.38. The molecule has 3 aromatic rings. The van der Waals surface area contributed by atoms with E-state index in [0.717, 1.165) is 5.56 Å². The van der Waals surface area contributed by atoms with Crippen molar-refractivity contribution in [1.29, 1.82) is 0 Å². The van der Waals surface area contributed by atoms with E-state index in [1.54, 1.807) is 37.3 Å². The van der Waals surface area contributed by atoms with Crippen molar-refractivity contribution in [2.45, 2.75) is 19.9 Å². The summed E-state index contributed by atoms with van der Waals surface area (Å²) in [6, 6.07) is 12.9. The highest BCUT2D eigenvalue weighted by molar-refractivity contribution is 6.20. The van der Waals surface area contributed by atoms with Crippen LogP contribution >= 0.6 is 0 Å². The van der Waals surface area contributed by atoms with Crippen molar-refractivity contribution in [3.05, 3.63) is 89.0 Å². The Kier molecular flexibility index (Phi) is 3.96. The van der Waals surface area contributed by atoms with Gasteiger partial charge in [-0.05, 0) is 49.7 Å². The van der Waals surface area contributed by atoms with Crippen molar-refractivity contribution in [2.24, 2.45) is 0 Å². The number of aliphatic hydroxyl groups excluding tert-OH is 1. The van der Waals surface area contributed by atoms with Gasteiger partial charge in [0, 0.05) is 5.69 Å². The molecule has 6 heteroatoms. The first kappa shape index (κ1) is 16.9. The SMILES string of the molecule is Cc1ccc(C2C(C(=O)c3ccco3)=C(O)C(=O)N2c2ccccc2C)o1. The maximum absolute atomic E-state index is 13.0. The van der Waals surface area contributed by atoms with Crippen molar-refractivity contribution < 1.29 is 23.5 Å². The molecule has 1 atom stereocenters. The lowest BCUT2D eigenvalue weighted by atomic mass is 9.99. The predicted molar refractivity (Wildman–Crippen MR) is 97.5 cm³/mol. The zero-order chi connectivity index (χ0) is 19.1. The average Bonchev–Trinajstić information content (AvgIpc) is 3.37. The monoisotopic (exact) mass is 363 g/mol. The Morgan fingerprint density at radius 3 is 2.48 bits per heavy atom. The van der Waals surface area contributed by atoms with E-state index in [1.165, 1.54) is 17.2 Å². The van der Waals surface area contributed by atoms with Gasteiger partial charge in [-0.15, -0.1) is 0 Å².